The molecule has 0 aliphatic rings. The summed E-state index contributed by atoms with van der Waals surface area (Å²) in [5.74, 6) is -0.651. The molecule has 2 N–H and O–H groups in total. The molecule has 0 saturated carbocycles. The first-order valence-electron chi connectivity index (χ1n) is 5.83. The summed E-state index contributed by atoms with van der Waals surface area (Å²) >= 11 is 5.38. The molecule has 1 aromatic carbocycles. The minimum absolute atomic E-state index is 0.164. The van der Waals surface area contributed by atoms with E-state index in [0.29, 0.717) is 0 Å². The average molecular weight is 276 g/mol. The van der Waals surface area contributed by atoms with E-state index in [2.05, 4.69) is 6.92 Å². The summed E-state index contributed by atoms with van der Waals surface area (Å²) in [6.45, 7) is 3.89. The van der Waals surface area contributed by atoms with Crippen LogP contribution in [0.1, 0.15) is 42.1 Å². The zero-order valence-electron chi connectivity index (χ0n) is 10.7. The normalized spacial score (nSPS) is 9.39. The summed E-state index contributed by atoms with van der Waals surface area (Å²) in [6, 6.07) is 4.13. The van der Waals surface area contributed by atoms with Gasteiger partial charge in [-0.25, -0.2) is 9.87 Å². The highest BCUT2D eigenvalue weighted by atomic mass is 35.5. The van der Waals surface area contributed by atoms with Gasteiger partial charge in [0.05, 0.1) is 5.56 Å². The topological polar surface area (TPSA) is 49.3 Å². The molecule has 18 heavy (non-hydrogen) atoms. The third kappa shape index (κ3) is 6.57. The minimum Gasteiger partial charge on any atom is -0.288 e. The molecular formula is C13H19ClFNO2. The Labute approximate surface area is 112 Å². The van der Waals surface area contributed by atoms with E-state index in [-0.39, 0.29) is 5.56 Å². The molecule has 0 aliphatic heterocycles. The number of alkyl halides is 1. The lowest BCUT2D eigenvalue weighted by molar-refractivity contribution is 0.0702. The smallest absolute Gasteiger partial charge is 0.277 e. The number of carbonyl (C=O) groups excluding carboxylic acids is 1. The van der Waals surface area contributed by atoms with E-state index in [4.69, 9.17) is 16.8 Å². The molecule has 0 aliphatic carbocycles. The molecule has 1 aromatic rings. The zero-order chi connectivity index (χ0) is 14.0. The standard InChI is InChI=1S/C8H8FNO2.C5H11Cl/c1-5-2-3-6(7(9)4-5)8(11)10-12;1-2-3-4-5-6/h2-4,12H,1H3,(H,10,11);2-5H2,1H3. The van der Waals surface area contributed by atoms with Crippen molar-refractivity contribution in [3.8, 4) is 0 Å². The Morgan fingerprint density at radius 1 is 1.44 bits per heavy atom. The van der Waals surface area contributed by atoms with E-state index in [1.54, 1.807) is 13.0 Å². The van der Waals surface area contributed by atoms with Crippen molar-refractivity contribution in [1.82, 2.24) is 5.48 Å². The summed E-state index contributed by atoms with van der Waals surface area (Å²) in [7, 11) is 0. The van der Waals surface area contributed by atoms with E-state index in [9.17, 15) is 9.18 Å². The Balaban J connectivity index is 0.000000411. The van der Waals surface area contributed by atoms with Crippen molar-refractivity contribution < 1.29 is 14.4 Å². The molecule has 0 aromatic heterocycles. The number of hydroxylamine groups is 1. The minimum atomic E-state index is -0.840. The third-order valence-electron chi connectivity index (χ3n) is 2.21. The molecule has 1 rings (SSSR count). The number of hydrogen-bond donors (Lipinski definition) is 2. The molecular weight excluding hydrogens is 257 g/mol. The first-order chi connectivity index (χ1) is 8.56. The van der Waals surface area contributed by atoms with Gasteiger partial charge in [0.1, 0.15) is 5.82 Å². The molecule has 0 bridgehead atoms. The Morgan fingerprint density at radius 3 is 2.50 bits per heavy atom. The monoisotopic (exact) mass is 275 g/mol. The van der Waals surface area contributed by atoms with Crippen LogP contribution in [0.5, 0.6) is 0 Å². The third-order valence-corrected chi connectivity index (χ3v) is 2.48. The predicted molar refractivity (Wildman–Crippen MR) is 70.6 cm³/mol. The van der Waals surface area contributed by atoms with Gasteiger partial charge in [0.2, 0.25) is 0 Å². The number of carbonyl (C=O) groups is 1. The second kappa shape index (κ2) is 9.85. The highest BCUT2D eigenvalue weighted by Crippen LogP contribution is 2.08. The average Bonchev–Trinajstić information content (AvgIpc) is 2.36. The van der Waals surface area contributed by atoms with Gasteiger partial charge in [-0.3, -0.25) is 10.0 Å². The van der Waals surface area contributed by atoms with Crippen LogP contribution in [0.25, 0.3) is 0 Å². The van der Waals surface area contributed by atoms with Gasteiger partial charge >= 0.3 is 0 Å². The molecule has 0 saturated heterocycles. The fraction of sp³-hybridized carbons (Fsp3) is 0.462. The molecule has 0 atom stereocenters. The van der Waals surface area contributed by atoms with E-state index >= 15 is 0 Å². The quantitative estimate of drug-likeness (QED) is 0.381. The van der Waals surface area contributed by atoms with Gasteiger partial charge in [0.25, 0.3) is 5.91 Å². The molecule has 0 heterocycles. The highest BCUT2D eigenvalue weighted by Gasteiger charge is 2.09. The van der Waals surface area contributed by atoms with E-state index in [1.807, 2.05) is 0 Å². The van der Waals surface area contributed by atoms with E-state index in [0.717, 1.165) is 11.4 Å². The molecule has 3 nitrogen and oxygen atoms in total. The second-order valence-electron chi connectivity index (χ2n) is 3.82. The Morgan fingerprint density at radius 2 is 2.11 bits per heavy atom. The number of hydrogen-bond acceptors (Lipinski definition) is 2. The van der Waals surface area contributed by atoms with Crippen molar-refractivity contribution in [2.24, 2.45) is 0 Å². The number of unbranched alkanes of at least 4 members (excludes halogenated alkanes) is 2. The summed E-state index contributed by atoms with van der Waals surface area (Å²) < 4.78 is 12.9. The fourth-order valence-electron chi connectivity index (χ4n) is 1.21. The summed E-state index contributed by atoms with van der Waals surface area (Å²) in [6.07, 6.45) is 3.73. The van der Waals surface area contributed by atoms with Crippen molar-refractivity contribution in [3.05, 3.63) is 35.1 Å². The van der Waals surface area contributed by atoms with Crippen LogP contribution in [-0.2, 0) is 0 Å². The lowest BCUT2D eigenvalue weighted by Crippen LogP contribution is -2.19. The predicted octanol–water partition coefficient (Wildman–Crippen LogP) is 3.67. The highest BCUT2D eigenvalue weighted by molar-refractivity contribution is 6.17. The maximum absolute atomic E-state index is 12.9. The lowest BCUT2D eigenvalue weighted by Gasteiger charge is -2.00. The molecule has 102 valence electrons. The van der Waals surface area contributed by atoms with Gasteiger partial charge < -0.3 is 0 Å². The number of aryl methyl sites for hydroxylation is 1. The van der Waals surface area contributed by atoms with Crippen LogP contribution >= 0.6 is 11.6 Å². The number of nitrogens with one attached hydrogen (secondary N) is 1. The number of rotatable bonds is 4. The first-order valence-corrected chi connectivity index (χ1v) is 6.36. The lowest BCUT2D eigenvalue weighted by atomic mass is 10.1. The van der Waals surface area contributed by atoms with Gasteiger partial charge in [-0.05, 0) is 31.0 Å². The van der Waals surface area contributed by atoms with E-state index < -0.39 is 11.7 Å². The van der Waals surface area contributed by atoms with Crippen LogP contribution in [0, 0.1) is 12.7 Å². The van der Waals surface area contributed by atoms with Crippen LogP contribution in [0.4, 0.5) is 4.39 Å². The maximum atomic E-state index is 12.9. The SMILES string of the molecule is CCCCCCl.Cc1ccc(C(=O)NO)c(F)c1. The van der Waals surface area contributed by atoms with Gasteiger partial charge in [0, 0.05) is 5.88 Å². The molecule has 0 radical (unpaired) electrons. The largest absolute Gasteiger partial charge is 0.288 e. The van der Waals surface area contributed by atoms with Crippen molar-refractivity contribution >= 4 is 17.5 Å². The van der Waals surface area contributed by atoms with Crippen LogP contribution in [-0.4, -0.2) is 17.0 Å². The number of halogens is 2. The van der Waals surface area contributed by atoms with Gasteiger partial charge in [-0.15, -0.1) is 11.6 Å². The van der Waals surface area contributed by atoms with Crippen LogP contribution in [0.3, 0.4) is 0 Å². The zero-order valence-corrected chi connectivity index (χ0v) is 11.4. The van der Waals surface area contributed by atoms with Gasteiger partial charge in [-0.2, -0.15) is 0 Å². The maximum Gasteiger partial charge on any atom is 0.277 e. The summed E-state index contributed by atoms with van der Waals surface area (Å²) in [5, 5.41) is 8.22. The van der Waals surface area contributed by atoms with Crippen molar-refractivity contribution in [2.45, 2.75) is 33.1 Å². The Kier molecular flexibility index (Phi) is 9.24. The van der Waals surface area contributed by atoms with Crippen molar-refractivity contribution in [1.29, 1.82) is 0 Å². The number of benzene rings is 1. The molecule has 0 spiro atoms. The molecule has 1 amide bonds. The van der Waals surface area contributed by atoms with Crippen molar-refractivity contribution in [3.63, 3.8) is 0 Å². The molecule has 0 fully saturated rings. The van der Waals surface area contributed by atoms with Gasteiger partial charge in [0.15, 0.2) is 0 Å². The Hall–Kier alpha value is -1.13. The van der Waals surface area contributed by atoms with Crippen LogP contribution in [0.15, 0.2) is 18.2 Å². The fourth-order valence-corrected chi connectivity index (χ4v) is 1.40. The molecule has 0 unspecified atom stereocenters. The van der Waals surface area contributed by atoms with Crippen molar-refractivity contribution in [2.75, 3.05) is 5.88 Å². The summed E-state index contributed by atoms with van der Waals surface area (Å²) in [5.41, 5.74) is 1.92. The van der Waals surface area contributed by atoms with Crippen LogP contribution in [0.2, 0.25) is 0 Å². The second-order valence-corrected chi connectivity index (χ2v) is 4.20. The first kappa shape index (κ1) is 16.9. The van der Waals surface area contributed by atoms with Gasteiger partial charge in [-0.1, -0.05) is 25.8 Å². The van der Waals surface area contributed by atoms with Crippen LogP contribution < -0.4 is 5.48 Å². The molecule has 5 heteroatoms. The summed E-state index contributed by atoms with van der Waals surface area (Å²) in [4.78, 5) is 10.7. The number of amides is 1. The Bertz CT molecular complexity index is 368. The van der Waals surface area contributed by atoms with E-state index in [1.165, 1.54) is 36.9 Å².